The van der Waals surface area contributed by atoms with Crippen LogP contribution in [0.4, 0.5) is 5.82 Å². The molecule has 3 heterocycles. The first-order chi connectivity index (χ1) is 13.6. The number of hydrogen-bond donors (Lipinski definition) is 2. The molecule has 28 heavy (non-hydrogen) atoms. The minimum absolute atomic E-state index is 0.561. The van der Waals surface area contributed by atoms with Crippen molar-refractivity contribution in [1.29, 1.82) is 0 Å². The van der Waals surface area contributed by atoms with E-state index in [-0.39, 0.29) is 0 Å². The largest absolute Gasteiger partial charge is 0.357 e. The molecular weight excluding hydrogens is 366 g/mol. The zero-order valence-electron chi connectivity index (χ0n) is 17.3. The lowest BCUT2D eigenvalue weighted by atomic mass is 9.99. The number of pyridine rings is 1. The van der Waals surface area contributed by atoms with Gasteiger partial charge in [-0.15, -0.1) is 11.3 Å². The molecular formula is C22H33N5S. The molecule has 0 saturated carbocycles. The number of aromatic nitrogens is 1. The highest BCUT2D eigenvalue weighted by Crippen LogP contribution is 2.21. The third-order valence-corrected chi connectivity index (χ3v) is 6.25. The summed E-state index contributed by atoms with van der Waals surface area (Å²) >= 11 is 1.83. The molecule has 0 amide bonds. The van der Waals surface area contributed by atoms with Gasteiger partial charge in [0.2, 0.25) is 0 Å². The number of thiophene rings is 1. The number of nitrogens with zero attached hydrogens (tertiary/aromatic N) is 3. The Kier molecular flexibility index (Phi) is 7.71. The molecule has 1 atom stereocenters. The standard InChI is InChI=1S/C22H33N5S/c1-17-8-10-27(11-9-17)21-7-6-19(15-24-21)16-26-22(23-3)25-14-18(2)13-20-5-4-12-28-20/h4-7,12,15,17-18H,8-11,13-14,16H2,1-3H3,(H2,23,25,26). The van der Waals surface area contributed by atoms with E-state index in [2.05, 4.69) is 69.0 Å². The predicted molar refractivity (Wildman–Crippen MR) is 120 cm³/mol. The molecule has 2 aromatic heterocycles. The maximum atomic E-state index is 4.67. The van der Waals surface area contributed by atoms with Crippen LogP contribution in [-0.2, 0) is 13.0 Å². The molecule has 1 aliphatic heterocycles. The van der Waals surface area contributed by atoms with Gasteiger partial charge in [0.05, 0.1) is 0 Å². The first-order valence-electron chi connectivity index (χ1n) is 10.3. The lowest BCUT2D eigenvalue weighted by Gasteiger charge is -2.31. The highest BCUT2D eigenvalue weighted by molar-refractivity contribution is 7.09. The van der Waals surface area contributed by atoms with Crippen LogP contribution >= 0.6 is 11.3 Å². The number of nitrogens with one attached hydrogen (secondary N) is 2. The van der Waals surface area contributed by atoms with Crippen molar-refractivity contribution in [3.63, 3.8) is 0 Å². The molecule has 0 aliphatic carbocycles. The molecule has 0 spiro atoms. The van der Waals surface area contributed by atoms with Crippen LogP contribution in [-0.4, -0.2) is 37.6 Å². The maximum absolute atomic E-state index is 4.67. The Hall–Kier alpha value is -2.08. The summed E-state index contributed by atoms with van der Waals surface area (Å²) < 4.78 is 0. The van der Waals surface area contributed by atoms with Gasteiger partial charge in [-0.3, -0.25) is 4.99 Å². The van der Waals surface area contributed by atoms with Crippen molar-refractivity contribution in [2.24, 2.45) is 16.8 Å². The average Bonchev–Trinajstić information content (AvgIpc) is 3.22. The van der Waals surface area contributed by atoms with E-state index in [1.165, 1.54) is 23.3 Å². The quantitative estimate of drug-likeness (QED) is 0.547. The van der Waals surface area contributed by atoms with Gasteiger partial charge in [0.1, 0.15) is 5.82 Å². The number of hydrogen-bond acceptors (Lipinski definition) is 4. The SMILES string of the molecule is CN=C(NCc1ccc(N2CCC(C)CC2)nc1)NCC(C)Cc1cccs1. The van der Waals surface area contributed by atoms with Crippen LogP contribution in [0, 0.1) is 11.8 Å². The predicted octanol–water partition coefficient (Wildman–Crippen LogP) is 3.92. The van der Waals surface area contributed by atoms with Crippen molar-refractivity contribution in [1.82, 2.24) is 15.6 Å². The number of piperidine rings is 1. The summed E-state index contributed by atoms with van der Waals surface area (Å²) in [5.41, 5.74) is 1.17. The molecule has 0 bridgehead atoms. The van der Waals surface area contributed by atoms with E-state index < -0.39 is 0 Å². The van der Waals surface area contributed by atoms with Gasteiger partial charge < -0.3 is 15.5 Å². The molecule has 3 rings (SSSR count). The smallest absolute Gasteiger partial charge is 0.191 e. The Morgan fingerprint density at radius 2 is 2.11 bits per heavy atom. The Morgan fingerprint density at radius 1 is 1.29 bits per heavy atom. The van der Waals surface area contributed by atoms with E-state index in [0.29, 0.717) is 5.92 Å². The first-order valence-corrected chi connectivity index (χ1v) is 11.2. The summed E-state index contributed by atoms with van der Waals surface area (Å²) in [6.07, 6.45) is 5.60. The number of anilines is 1. The number of guanidine groups is 1. The highest BCUT2D eigenvalue weighted by atomic mass is 32.1. The van der Waals surface area contributed by atoms with E-state index in [1.54, 1.807) is 0 Å². The normalized spacial score (nSPS) is 16.8. The average molecular weight is 400 g/mol. The van der Waals surface area contributed by atoms with Crippen molar-refractivity contribution >= 4 is 23.1 Å². The van der Waals surface area contributed by atoms with Gasteiger partial charge in [-0.1, -0.05) is 26.0 Å². The second-order valence-electron chi connectivity index (χ2n) is 7.89. The molecule has 1 saturated heterocycles. The van der Waals surface area contributed by atoms with E-state index in [9.17, 15) is 0 Å². The monoisotopic (exact) mass is 399 g/mol. The molecule has 6 heteroatoms. The van der Waals surface area contributed by atoms with Crippen molar-refractivity contribution < 1.29 is 0 Å². The molecule has 1 aliphatic rings. The lowest BCUT2D eigenvalue weighted by Crippen LogP contribution is -2.39. The third-order valence-electron chi connectivity index (χ3n) is 5.35. The second kappa shape index (κ2) is 10.5. The Morgan fingerprint density at radius 3 is 2.75 bits per heavy atom. The fourth-order valence-electron chi connectivity index (χ4n) is 3.47. The third kappa shape index (κ3) is 6.23. The molecule has 2 N–H and O–H groups in total. The summed E-state index contributed by atoms with van der Waals surface area (Å²) in [5.74, 6) is 3.34. The summed E-state index contributed by atoms with van der Waals surface area (Å²) in [6, 6.07) is 8.63. The van der Waals surface area contributed by atoms with Crippen LogP contribution in [0.25, 0.3) is 0 Å². The van der Waals surface area contributed by atoms with Gasteiger partial charge in [-0.2, -0.15) is 0 Å². The summed E-state index contributed by atoms with van der Waals surface area (Å²) in [7, 11) is 1.82. The zero-order valence-corrected chi connectivity index (χ0v) is 18.1. The molecule has 1 unspecified atom stereocenters. The van der Waals surface area contributed by atoms with E-state index in [1.807, 2.05) is 24.6 Å². The van der Waals surface area contributed by atoms with Crippen LogP contribution in [0.2, 0.25) is 0 Å². The second-order valence-corrected chi connectivity index (χ2v) is 8.92. The Balaban J connectivity index is 1.42. The summed E-state index contributed by atoms with van der Waals surface area (Å²) in [4.78, 5) is 12.8. The topological polar surface area (TPSA) is 52.6 Å². The molecule has 0 radical (unpaired) electrons. The van der Waals surface area contributed by atoms with Crippen molar-refractivity contribution in [3.8, 4) is 0 Å². The van der Waals surface area contributed by atoms with Crippen molar-refractivity contribution in [2.45, 2.75) is 39.7 Å². The van der Waals surface area contributed by atoms with Gasteiger partial charge in [0.15, 0.2) is 5.96 Å². The van der Waals surface area contributed by atoms with Crippen LogP contribution in [0.3, 0.4) is 0 Å². The van der Waals surface area contributed by atoms with E-state index in [4.69, 9.17) is 0 Å². The molecule has 5 nitrogen and oxygen atoms in total. The number of rotatable bonds is 7. The van der Waals surface area contributed by atoms with Crippen LogP contribution < -0.4 is 15.5 Å². The minimum atomic E-state index is 0.561. The molecule has 0 aromatic carbocycles. The van der Waals surface area contributed by atoms with Gasteiger partial charge in [0.25, 0.3) is 0 Å². The van der Waals surface area contributed by atoms with Gasteiger partial charge >= 0.3 is 0 Å². The molecule has 152 valence electrons. The number of aliphatic imine (C=N–C) groups is 1. The maximum Gasteiger partial charge on any atom is 0.191 e. The zero-order chi connectivity index (χ0) is 19.8. The Bertz CT molecular complexity index is 718. The van der Waals surface area contributed by atoms with Crippen LogP contribution in [0.1, 0.15) is 37.1 Å². The van der Waals surface area contributed by atoms with Crippen LogP contribution in [0.5, 0.6) is 0 Å². The van der Waals surface area contributed by atoms with Crippen molar-refractivity contribution in [3.05, 3.63) is 46.3 Å². The molecule has 1 fully saturated rings. The fourth-order valence-corrected chi connectivity index (χ4v) is 4.34. The Labute approximate surface area is 173 Å². The minimum Gasteiger partial charge on any atom is -0.357 e. The van der Waals surface area contributed by atoms with Crippen molar-refractivity contribution in [2.75, 3.05) is 31.6 Å². The van der Waals surface area contributed by atoms with E-state index >= 15 is 0 Å². The van der Waals surface area contributed by atoms with Crippen LogP contribution in [0.15, 0.2) is 40.8 Å². The van der Waals surface area contributed by atoms with E-state index in [0.717, 1.165) is 50.3 Å². The fraction of sp³-hybridized carbons (Fsp3) is 0.545. The van der Waals surface area contributed by atoms with Gasteiger partial charge in [-0.25, -0.2) is 4.98 Å². The highest BCUT2D eigenvalue weighted by Gasteiger charge is 2.16. The van der Waals surface area contributed by atoms with Gasteiger partial charge in [-0.05, 0) is 54.2 Å². The summed E-state index contributed by atoms with van der Waals surface area (Å²) in [5, 5.41) is 8.97. The summed E-state index contributed by atoms with van der Waals surface area (Å²) in [6.45, 7) is 8.47. The van der Waals surface area contributed by atoms with Gasteiger partial charge in [0, 0.05) is 44.3 Å². The lowest BCUT2D eigenvalue weighted by molar-refractivity contribution is 0.436. The molecule has 2 aromatic rings. The first kappa shape index (κ1) is 20.6.